The maximum atomic E-state index is 5.80. The summed E-state index contributed by atoms with van der Waals surface area (Å²) < 4.78 is 2.22. The summed E-state index contributed by atoms with van der Waals surface area (Å²) in [5, 5.41) is 9.85. The van der Waals surface area contributed by atoms with Crippen LogP contribution in [0.4, 0.5) is 5.69 Å². The van der Waals surface area contributed by atoms with Crippen LogP contribution in [-0.4, -0.2) is 20.5 Å². The second-order valence-electron chi connectivity index (χ2n) is 5.68. The van der Waals surface area contributed by atoms with Crippen molar-refractivity contribution in [2.45, 2.75) is 35.7 Å². The molecule has 0 bridgehead atoms. The Bertz CT molecular complexity index is 785. The standard InChI is InChI=1S/C19H22N4S2/c1-2-12-24-19-22-21-18(14-25-17-6-4-3-5-7-17)23(19)13-15-8-10-16(20)11-9-15/h3-11H,2,12-14,20H2,1H3. The minimum absolute atomic E-state index is 0.768. The first-order valence-corrected chi connectivity index (χ1v) is 10.3. The summed E-state index contributed by atoms with van der Waals surface area (Å²) in [6.45, 7) is 2.95. The van der Waals surface area contributed by atoms with Crippen LogP contribution in [0.1, 0.15) is 24.7 Å². The number of hydrogen-bond donors (Lipinski definition) is 1. The summed E-state index contributed by atoms with van der Waals surface area (Å²) in [6.07, 6.45) is 1.12. The monoisotopic (exact) mass is 370 g/mol. The van der Waals surface area contributed by atoms with Crippen LogP contribution in [0, 0.1) is 0 Å². The van der Waals surface area contributed by atoms with Crippen molar-refractivity contribution in [1.82, 2.24) is 14.8 Å². The number of nitrogens with zero attached hydrogens (tertiary/aromatic N) is 3. The zero-order valence-electron chi connectivity index (χ0n) is 14.3. The number of nitrogens with two attached hydrogens (primary N) is 1. The summed E-state index contributed by atoms with van der Waals surface area (Å²) in [4.78, 5) is 1.24. The van der Waals surface area contributed by atoms with E-state index in [1.165, 1.54) is 10.5 Å². The normalized spacial score (nSPS) is 10.9. The topological polar surface area (TPSA) is 56.7 Å². The molecule has 130 valence electrons. The highest BCUT2D eigenvalue weighted by Crippen LogP contribution is 2.25. The van der Waals surface area contributed by atoms with Crippen molar-refractivity contribution < 1.29 is 0 Å². The summed E-state index contributed by atoms with van der Waals surface area (Å²) in [7, 11) is 0. The fourth-order valence-electron chi connectivity index (χ4n) is 2.35. The van der Waals surface area contributed by atoms with Crippen LogP contribution in [0.15, 0.2) is 64.6 Å². The molecule has 2 aromatic carbocycles. The molecule has 0 amide bonds. The highest BCUT2D eigenvalue weighted by Gasteiger charge is 2.13. The highest BCUT2D eigenvalue weighted by molar-refractivity contribution is 7.99. The van der Waals surface area contributed by atoms with E-state index in [0.29, 0.717) is 0 Å². The smallest absolute Gasteiger partial charge is 0.191 e. The minimum Gasteiger partial charge on any atom is -0.399 e. The summed E-state index contributed by atoms with van der Waals surface area (Å²) >= 11 is 3.55. The van der Waals surface area contributed by atoms with E-state index in [0.717, 1.165) is 41.1 Å². The predicted molar refractivity (Wildman–Crippen MR) is 107 cm³/mol. The van der Waals surface area contributed by atoms with Crippen molar-refractivity contribution in [1.29, 1.82) is 0 Å². The first-order chi connectivity index (χ1) is 12.3. The fraction of sp³-hybridized carbons (Fsp3) is 0.263. The van der Waals surface area contributed by atoms with Crippen molar-refractivity contribution in [3.05, 3.63) is 66.0 Å². The van der Waals surface area contributed by atoms with Crippen LogP contribution >= 0.6 is 23.5 Å². The first-order valence-electron chi connectivity index (χ1n) is 8.33. The molecular weight excluding hydrogens is 348 g/mol. The van der Waals surface area contributed by atoms with Gasteiger partial charge in [-0.05, 0) is 36.2 Å². The van der Waals surface area contributed by atoms with Gasteiger partial charge in [0.05, 0.1) is 12.3 Å². The van der Waals surface area contributed by atoms with Gasteiger partial charge in [-0.15, -0.1) is 22.0 Å². The zero-order valence-corrected chi connectivity index (χ0v) is 15.9. The van der Waals surface area contributed by atoms with Crippen LogP contribution in [-0.2, 0) is 12.3 Å². The number of anilines is 1. The number of nitrogen functional groups attached to an aromatic ring is 1. The van der Waals surface area contributed by atoms with E-state index in [2.05, 4.69) is 58.1 Å². The Hall–Kier alpha value is -1.92. The molecule has 4 nitrogen and oxygen atoms in total. The molecule has 0 saturated carbocycles. The molecule has 0 radical (unpaired) electrons. The van der Waals surface area contributed by atoms with Crippen LogP contribution in [0.2, 0.25) is 0 Å². The molecule has 0 spiro atoms. The van der Waals surface area contributed by atoms with E-state index in [-0.39, 0.29) is 0 Å². The molecule has 0 aliphatic carbocycles. The molecule has 0 fully saturated rings. The molecule has 0 aliphatic rings. The van der Waals surface area contributed by atoms with Crippen molar-refractivity contribution >= 4 is 29.2 Å². The lowest BCUT2D eigenvalue weighted by Crippen LogP contribution is -2.06. The van der Waals surface area contributed by atoms with E-state index in [4.69, 9.17) is 5.73 Å². The quantitative estimate of drug-likeness (QED) is 0.460. The van der Waals surface area contributed by atoms with E-state index in [1.54, 1.807) is 23.5 Å². The maximum Gasteiger partial charge on any atom is 0.191 e. The third kappa shape index (κ3) is 5.03. The van der Waals surface area contributed by atoms with Gasteiger partial charge in [0.1, 0.15) is 5.82 Å². The Morgan fingerprint density at radius 2 is 1.72 bits per heavy atom. The lowest BCUT2D eigenvalue weighted by molar-refractivity contribution is 0.685. The highest BCUT2D eigenvalue weighted by atomic mass is 32.2. The molecule has 1 aromatic heterocycles. The van der Waals surface area contributed by atoms with Gasteiger partial charge in [0, 0.05) is 16.3 Å². The van der Waals surface area contributed by atoms with Crippen LogP contribution in [0.3, 0.4) is 0 Å². The number of aromatic nitrogens is 3. The van der Waals surface area contributed by atoms with Gasteiger partial charge >= 0.3 is 0 Å². The molecule has 2 N–H and O–H groups in total. The third-order valence-corrected chi connectivity index (χ3v) is 5.84. The van der Waals surface area contributed by atoms with Gasteiger partial charge in [-0.2, -0.15) is 0 Å². The van der Waals surface area contributed by atoms with E-state index >= 15 is 0 Å². The maximum absolute atomic E-state index is 5.80. The molecular formula is C19H22N4S2. The van der Waals surface area contributed by atoms with Crippen molar-refractivity contribution in [3.63, 3.8) is 0 Å². The Morgan fingerprint density at radius 1 is 0.960 bits per heavy atom. The van der Waals surface area contributed by atoms with Crippen molar-refractivity contribution in [3.8, 4) is 0 Å². The second-order valence-corrected chi connectivity index (χ2v) is 7.79. The van der Waals surface area contributed by atoms with Crippen LogP contribution < -0.4 is 5.73 Å². The molecule has 1 heterocycles. The fourth-order valence-corrected chi connectivity index (χ4v) is 4.02. The minimum atomic E-state index is 0.768. The largest absolute Gasteiger partial charge is 0.399 e. The van der Waals surface area contributed by atoms with Crippen LogP contribution in [0.5, 0.6) is 0 Å². The number of hydrogen-bond acceptors (Lipinski definition) is 5. The SMILES string of the molecule is CCCSc1nnc(CSc2ccccc2)n1Cc1ccc(N)cc1. The second kappa shape index (κ2) is 8.97. The van der Waals surface area contributed by atoms with Gasteiger partial charge in [0.15, 0.2) is 5.16 Å². The lowest BCUT2D eigenvalue weighted by atomic mass is 10.2. The number of rotatable bonds is 8. The Labute approximate surface area is 157 Å². The van der Waals surface area contributed by atoms with Gasteiger partial charge in [-0.1, -0.05) is 49.0 Å². The molecule has 0 atom stereocenters. The summed E-state index contributed by atoms with van der Waals surface area (Å²) in [5.41, 5.74) is 7.79. The third-order valence-electron chi connectivity index (χ3n) is 3.66. The Kier molecular flexibility index (Phi) is 6.42. The van der Waals surface area contributed by atoms with E-state index < -0.39 is 0 Å². The molecule has 25 heavy (non-hydrogen) atoms. The lowest BCUT2D eigenvalue weighted by Gasteiger charge is -2.10. The van der Waals surface area contributed by atoms with Crippen molar-refractivity contribution in [2.75, 3.05) is 11.5 Å². The average molecular weight is 371 g/mol. The van der Waals surface area contributed by atoms with Gasteiger partial charge in [-0.3, -0.25) is 0 Å². The number of benzene rings is 2. The van der Waals surface area contributed by atoms with Gasteiger partial charge in [-0.25, -0.2) is 0 Å². The van der Waals surface area contributed by atoms with Gasteiger partial charge in [0.2, 0.25) is 0 Å². The van der Waals surface area contributed by atoms with Crippen molar-refractivity contribution in [2.24, 2.45) is 0 Å². The first kappa shape index (κ1) is 17.9. The molecule has 0 aliphatic heterocycles. The van der Waals surface area contributed by atoms with E-state index in [1.807, 2.05) is 18.2 Å². The van der Waals surface area contributed by atoms with Crippen LogP contribution in [0.25, 0.3) is 0 Å². The molecule has 0 unspecified atom stereocenters. The Balaban J connectivity index is 1.79. The Morgan fingerprint density at radius 3 is 2.44 bits per heavy atom. The summed E-state index contributed by atoms with van der Waals surface area (Å²) in [5.74, 6) is 2.86. The average Bonchev–Trinajstić information content (AvgIpc) is 3.02. The van der Waals surface area contributed by atoms with E-state index in [9.17, 15) is 0 Å². The molecule has 6 heteroatoms. The van der Waals surface area contributed by atoms with Gasteiger partial charge in [0.25, 0.3) is 0 Å². The molecule has 3 aromatic rings. The zero-order chi connectivity index (χ0) is 17.5. The van der Waals surface area contributed by atoms with Gasteiger partial charge < -0.3 is 10.3 Å². The number of thioether (sulfide) groups is 2. The molecule has 3 rings (SSSR count). The summed E-state index contributed by atoms with van der Waals surface area (Å²) in [6, 6.07) is 18.4. The predicted octanol–water partition coefficient (Wildman–Crippen LogP) is 4.70. The molecule has 0 saturated heterocycles.